The highest BCUT2D eigenvalue weighted by Gasteiger charge is 2.07. The van der Waals surface area contributed by atoms with Crippen LogP contribution in [-0.2, 0) is 11.2 Å². The van der Waals surface area contributed by atoms with Crippen molar-refractivity contribution in [3.63, 3.8) is 0 Å². The number of carbonyl (C=O) groups is 1. The fourth-order valence-corrected chi connectivity index (χ4v) is 2.20. The predicted molar refractivity (Wildman–Crippen MR) is 74.4 cm³/mol. The van der Waals surface area contributed by atoms with Crippen LogP contribution in [0.25, 0.3) is 0 Å². The third-order valence-corrected chi connectivity index (χ3v) is 3.52. The fraction of sp³-hybridized carbons (Fsp3) is 0.429. The van der Waals surface area contributed by atoms with Crippen LogP contribution >= 0.6 is 11.8 Å². The highest BCUT2D eigenvalue weighted by atomic mass is 32.2. The lowest BCUT2D eigenvalue weighted by Gasteiger charge is -2.15. The number of thioether (sulfide) groups is 1. The van der Waals surface area contributed by atoms with Gasteiger partial charge in [0.2, 0.25) is 5.91 Å². The lowest BCUT2D eigenvalue weighted by atomic mass is 10.1. The van der Waals surface area contributed by atoms with Gasteiger partial charge >= 0.3 is 0 Å². The molecule has 1 aromatic rings. The molecule has 0 N–H and O–H groups in total. The zero-order chi connectivity index (χ0) is 13.4. The van der Waals surface area contributed by atoms with Crippen molar-refractivity contribution in [1.82, 2.24) is 4.90 Å². The molecule has 1 aromatic carbocycles. The molecule has 0 radical (unpaired) electrons. The molecule has 0 saturated heterocycles. The summed E-state index contributed by atoms with van der Waals surface area (Å²) in [5.74, 6) is 0.959. The van der Waals surface area contributed by atoms with Crippen LogP contribution in [0, 0.1) is 11.3 Å². The summed E-state index contributed by atoms with van der Waals surface area (Å²) in [6.07, 6.45) is 0.785. The van der Waals surface area contributed by atoms with Gasteiger partial charge in [-0.3, -0.25) is 4.79 Å². The van der Waals surface area contributed by atoms with Crippen LogP contribution < -0.4 is 0 Å². The molecule has 0 spiro atoms. The van der Waals surface area contributed by atoms with Crippen LogP contribution in [-0.4, -0.2) is 30.2 Å². The number of nitriles is 1. The molecule has 0 aliphatic heterocycles. The third-order valence-electron chi connectivity index (χ3n) is 2.63. The van der Waals surface area contributed by atoms with Crippen molar-refractivity contribution in [3.8, 4) is 6.07 Å². The van der Waals surface area contributed by atoms with Gasteiger partial charge in [-0.1, -0.05) is 19.1 Å². The van der Waals surface area contributed by atoms with E-state index in [0.717, 1.165) is 12.2 Å². The molecule has 1 rings (SSSR count). The van der Waals surface area contributed by atoms with Crippen LogP contribution in [0.2, 0.25) is 0 Å². The predicted octanol–water partition coefficient (Wildman–Crippen LogP) is 2.71. The van der Waals surface area contributed by atoms with E-state index in [4.69, 9.17) is 5.26 Å². The maximum absolute atomic E-state index is 11.4. The van der Waals surface area contributed by atoms with Gasteiger partial charge in [0.05, 0.1) is 6.07 Å². The lowest BCUT2D eigenvalue weighted by molar-refractivity contribution is -0.128. The van der Waals surface area contributed by atoms with E-state index in [9.17, 15) is 4.79 Å². The molecule has 0 heterocycles. The average Bonchev–Trinajstić information content (AvgIpc) is 2.38. The first-order valence-electron chi connectivity index (χ1n) is 6.00. The van der Waals surface area contributed by atoms with E-state index in [1.165, 1.54) is 10.5 Å². The van der Waals surface area contributed by atoms with Crippen molar-refractivity contribution >= 4 is 17.7 Å². The number of likely N-dealkylation sites (N-methyl/N-ethyl adjacent to an activating group) is 1. The van der Waals surface area contributed by atoms with Gasteiger partial charge in [0.25, 0.3) is 0 Å². The summed E-state index contributed by atoms with van der Waals surface area (Å²) in [7, 11) is 1.74. The van der Waals surface area contributed by atoms with E-state index in [0.29, 0.717) is 6.54 Å². The molecule has 1 amide bonds. The normalized spacial score (nSPS) is 9.83. The molecule has 4 heteroatoms. The van der Waals surface area contributed by atoms with E-state index < -0.39 is 0 Å². The number of hydrogen-bond acceptors (Lipinski definition) is 3. The maximum atomic E-state index is 11.4. The Bertz CT molecular complexity index is 422. The van der Waals surface area contributed by atoms with Gasteiger partial charge in [0.15, 0.2) is 0 Å². The molecule has 0 bridgehead atoms. The second kappa shape index (κ2) is 7.78. The van der Waals surface area contributed by atoms with E-state index in [1.54, 1.807) is 11.9 Å². The average molecular weight is 262 g/mol. The molecule has 18 heavy (non-hydrogen) atoms. The van der Waals surface area contributed by atoms with Crippen LogP contribution in [0.3, 0.4) is 0 Å². The topological polar surface area (TPSA) is 44.1 Å². The van der Waals surface area contributed by atoms with Gasteiger partial charge in [-0.25, -0.2) is 0 Å². The summed E-state index contributed by atoms with van der Waals surface area (Å²) in [4.78, 5) is 14.3. The van der Waals surface area contributed by atoms with Gasteiger partial charge in [0.1, 0.15) is 6.42 Å². The Morgan fingerprint density at radius 1 is 1.39 bits per heavy atom. The molecule has 0 aliphatic carbocycles. The quantitative estimate of drug-likeness (QED) is 0.740. The number of hydrogen-bond donors (Lipinski definition) is 0. The van der Waals surface area contributed by atoms with E-state index in [-0.39, 0.29) is 12.3 Å². The van der Waals surface area contributed by atoms with Crippen LogP contribution in [0.15, 0.2) is 29.2 Å². The van der Waals surface area contributed by atoms with Gasteiger partial charge < -0.3 is 4.90 Å². The molecule has 0 unspecified atom stereocenters. The van der Waals surface area contributed by atoms with E-state index in [2.05, 4.69) is 31.2 Å². The molecule has 0 atom stereocenters. The Labute approximate surface area is 113 Å². The molecule has 0 saturated carbocycles. The minimum absolute atomic E-state index is 0.0391. The van der Waals surface area contributed by atoms with Gasteiger partial charge in [-0.15, -0.1) is 11.8 Å². The number of amides is 1. The zero-order valence-corrected chi connectivity index (χ0v) is 11.7. The van der Waals surface area contributed by atoms with Gasteiger partial charge in [-0.2, -0.15) is 5.26 Å². The minimum atomic E-state index is -0.115. The van der Waals surface area contributed by atoms with Crippen LogP contribution in [0.1, 0.15) is 18.9 Å². The Balaban J connectivity index is 2.44. The fourth-order valence-electron chi connectivity index (χ4n) is 1.54. The van der Waals surface area contributed by atoms with E-state index >= 15 is 0 Å². The number of benzene rings is 1. The summed E-state index contributed by atoms with van der Waals surface area (Å²) >= 11 is 1.82. The lowest BCUT2D eigenvalue weighted by Crippen LogP contribution is -2.28. The first kappa shape index (κ1) is 14.6. The van der Waals surface area contributed by atoms with Gasteiger partial charge in [0, 0.05) is 18.5 Å². The molecule has 0 fully saturated rings. The number of carbonyl (C=O) groups excluding carboxylic acids is 1. The SMILES string of the molecule is CCSc1ccc(CCN(C)C(=O)CC#N)cc1. The third kappa shape index (κ3) is 4.80. The van der Waals surface area contributed by atoms with Crippen LogP contribution in [0.5, 0.6) is 0 Å². The van der Waals surface area contributed by atoms with Crippen molar-refractivity contribution in [1.29, 1.82) is 5.26 Å². The highest BCUT2D eigenvalue weighted by molar-refractivity contribution is 7.99. The Kier molecular flexibility index (Phi) is 6.31. The van der Waals surface area contributed by atoms with Crippen molar-refractivity contribution < 1.29 is 4.79 Å². The molecule has 96 valence electrons. The summed E-state index contributed by atoms with van der Waals surface area (Å²) < 4.78 is 0. The summed E-state index contributed by atoms with van der Waals surface area (Å²) in [6, 6.07) is 10.3. The second-order valence-electron chi connectivity index (χ2n) is 3.98. The van der Waals surface area contributed by atoms with Crippen LogP contribution in [0.4, 0.5) is 0 Å². The van der Waals surface area contributed by atoms with Crippen molar-refractivity contribution in [2.24, 2.45) is 0 Å². The van der Waals surface area contributed by atoms with E-state index in [1.807, 2.05) is 17.8 Å². The van der Waals surface area contributed by atoms with Crippen molar-refractivity contribution in [2.75, 3.05) is 19.3 Å². The summed E-state index contributed by atoms with van der Waals surface area (Å²) in [5, 5.41) is 8.45. The molecule has 3 nitrogen and oxygen atoms in total. The number of rotatable bonds is 6. The largest absolute Gasteiger partial charge is 0.345 e. The summed E-state index contributed by atoms with van der Waals surface area (Å²) in [6.45, 7) is 2.79. The standard InChI is InChI=1S/C14H18N2OS/c1-3-18-13-6-4-12(5-7-13)9-11-16(2)14(17)8-10-15/h4-7H,3,8-9,11H2,1-2H3. The molecular weight excluding hydrogens is 244 g/mol. The Morgan fingerprint density at radius 2 is 2.06 bits per heavy atom. The number of nitrogens with zero attached hydrogens (tertiary/aromatic N) is 2. The molecule has 0 aliphatic rings. The maximum Gasteiger partial charge on any atom is 0.236 e. The Hall–Kier alpha value is -1.47. The highest BCUT2D eigenvalue weighted by Crippen LogP contribution is 2.17. The first-order chi connectivity index (χ1) is 8.67. The van der Waals surface area contributed by atoms with Crippen molar-refractivity contribution in [2.45, 2.75) is 24.7 Å². The zero-order valence-electron chi connectivity index (χ0n) is 10.8. The molecular formula is C14H18N2OS. The monoisotopic (exact) mass is 262 g/mol. The van der Waals surface area contributed by atoms with Gasteiger partial charge in [-0.05, 0) is 29.9 Å². The first-order valence-corrected chi connectivity index (χ1v) is 6.98. The second-order valence-corrected chi connectivity index (χ2v) is 5.31. The summed E-state index contributed by atoms with van der Waals surface area (Å²) in [5.41, 5.74) is 1.21. The van der Waals surface area contributed by atoms with Crippen molar-refractivity contribution in [3.05, 3.63) is 29.8 Å². The Morgan fingerprint density at radius 3 is 2.61 bits per heavy atom. The minimum Gasteiger partial charge on any atom is -0.345 e. The smallest absolute Gasteiger partial charge is 0.236 e. The molecule has 0 aromatic heterocycles.